The minimum atomic E-state index is -0.161. The van der Waals surface area contributed by atoms with Crippen molar-refractivity contribution in [2.24, 2.45) is 0 Å². The van der Waals surface area contributed by atoms with Crippen molar-refractivity contribution >= 4 is 17.3 Å². The van der Waals surface area contributed by atoms with Crippen LogP contribution in [0.2, 0.25) is 0 Å². The molecule has 1 atom stereocenters. The van der Waals surface area contributed by atoms with Crippen molar-refractivity contribution in [1.29, 1.82) is 0 Å². The van der Waals surface area contributed by atoms with Gasteiger partial charge in [0.1, 0.15) is 0 Å². The molecular formula is C14H13N3O. The summed E-state index contributed by atoms with van der Waals surface area (Å²) < 4.78 is 0. The first-order valence-corrected chi connectivity index (χ1v) is 5.84. The van der Waals surface area contributed by atoms with Gasteiger partial charge in [0.05, 0.1) is 17.3 Å². The third kappa shape index (κ3) is 1.72. The fourth-order valence-electron chi connectivity index (χ4n) is 2.33. The molecule has 1 unspecified atom stereocenters. The lowest BCUT2D eigenvalue weighted by Crippen LogP contribution is -2.14. The number of nitrogen functional groups attached to an aromatic ring is 1. The molecule has 0 radical (unpaired) electrons. The summed E-state index contributed by atoms with van der Waals surface area (Å²) in [6.07, 6.45) is 4.15. The monoisotopic (exact) mass is 239 g/mol. The Balaban J connectivity index is 1.95. The predicted molar refractivity (Wildman–Crippen MR) is 70.2 cm³/mol. The van der Waals surface area contributed by atoms with E-state index in [0.29, 0.717) is 12.1 Å². The fraction of sp³-hybridized carbons (Fsp3) is 0.143. The van der Waals surface area contributed by atoms with Gasteiger partial charge in [-0.25, -0.2) is 0 Å². The number of nitrogens with two attached hydrogens (primary N) is 1. The Labute approximate surface area is 105 Å². The third-order valence-corrected chi connectivity index (χ3v) is 3.26. The maximum Gasteiger partial charge on any atom is 0.232 e. The Morgan fingerprint density at radius 1 is 1.22 bits per heavy atom. The van der Waals surface area contributed by atoms with Crippen LogP contribution >= 0.6 is 0 Å². The first-order chi connectivity index (χ1) is 8.75. The maximum atomic E-state index is 12.0. The molecule has 90 valence electrons. The van der Waals surface area contributed by atoms with Crippen molar-refractivity contribution in [3.8, 4) is 0 Å². The summed E-state index contributed by atoms with van der Waals surface area (Å²) in [7, 11) is 0. The second-order valence-electron chi connectivity index (χ2n) is 4.41. The molecule has 1 aliphatic heterocycles. The standard InChI is InChI=1S/C14H13N3O/c15-12-3-1-2-10-11(14(18)17-13(10)12)8-9-4-6-16-7-5-9/h1-7,11H,8,15H2,(H,17,18). The SMILES string of the molecule is Nc1cccc2c1NC(=O)C2Cc1ccncc1. The number of para-hydroxylation sites is 1. The highest BCUT2D eigenvalue weighted by Gasteiger charge is 2.31. The number of nitrogens with one attached hydrogen (secondary N) is 1. The van der Waals surface area contributed by atoms with Crippen LogP contribution in [0.5, 0.6) is 0 Å². The number of carbonyl (C=O) groups excluding carboxylic acids is 1. The molecule has 3 N–H and O–H groups in total. The van der Waals surface area contributed by atoms with Gasteiger partial charge in [-0.3, -0.25) is 9.78 Å². The van der Waals surface area contributed by atoms with Gasteiger partial charge in [0, 0.05) is 12.4 Å². The molecule has 1 amide bonds. The van der Waals surface area contributed by atoms with Crippen molar-refractivity contribution in [1.82, 2.24) is 4.98 Å². The highest BCUT2D eigenvalue weighted by atomic mass is 16.2. The molecule has 0 saturated carbocycles. The molecular weight excluding hydrogens is 226 g/mol. The fourth-order valence-corrected chi connectivity index (χ4v) is 2.33. The molecule has 0 aliphatic carbocycles. The predicted octanol–water partition coefficient (Wildman–Crippen LogP) is 1.94. The van der Waals surface area contributed by atoms with Gasteiger partial charge >= 0.3 is 0 Å². The van der Waals surface area contributed by atoms with Crippen LogP contribution in [0.25, 0.3) is 0 Å². The number of rotatable bonds is 2. The summed E-state index contributed by atoms with van der Waals surface area (Å²) >= 11 is 0. The molecule has 0 fully saturated rings. The highest BCUT2D eigenvalue weighted by molar-refractivity contribution is 6.05. The molecule has 0 spiro atoms. The molecule has 2 heterocycles. The van der Waals surface area contributed by atoms with Gasteiger partial charge in [0.2, 0.25) is 5.91 Å². The summed E-state index contributed by atoms with van der Waals surface area (Å²) in [6.45, 7) is 0. The van der Waals surface area contributed by atoms with Gasteiger partial charge < -0.3 is 11.1 Å². The first kappa shape index (κ1) is 10.8. The number of pyridine rings is 1. The molecule has 0 saturated heterocycles. The average molecular weight is 239 g/mol. The van der Waals surface area contributed by atoms with Crippen LogP contribution in [-0.4, -0.2) is 10.9 Å². The van der Waals surface area contributed by atoms with Crippen LogP contribution in [0.4, 0.5) is 11.4 Å². The molecule has 1 aromatic carbocycles. The number of carbonyl (C=O) groups is 1. The van der Waals surface area contributed by atoms with Crippen LogP contribution < -0.4 is 11.1 Å². The van der Waals surface area contributed by atoms with Crippen molar-refractivity contribution in [3.63, 3.8) is 0 Å². The van der Waals surface area contributed by atoms with E-state index in [-0.39, 0.29) is 11.8 Å². The van der Waals surface area contributed by atoms with Crippen molar-refractivity contribution in [3.05, 3.63) is 53.9 Å². The third-order valence-electron chi connectivity index (χ3n) is 3.26. The zero-order valence-corrected chi connectivity index (χ0v) is 9.76. The van der Waals surface area contributed by atoms with Crippen LogP contribution in [0.15, 0.2) is 42.7 Å². The summed E-state index contributed by atoms with van der Waals surface area (Å²) in [5.41, 5.74) is 9.33. The van der Waals surface area contributed by atoms with E-state index < -0.39 is 0 Å². The van der Waals surface area contributed by atoms with Gasteiger partial charge in [-0.1, -0.05) is 12.1 Å². The van der Waals surface area contributed by atoms with E-state index >= 15 is 0 Å². The largest absolute Gasteiger partial charge is 0.397 e. The Hall–Kier alpha value is -2.36. The van der Waals surface area contributed by atoms with Gasteiger partial charge in [-0.2, -0.15) is 0 Å². The summed E-state index contributed by atoms with van der Waals surface area (Å²) in [5.74, 6) is -0.148. The molecule has 18 heavy (non-hydrogen) atoms. The Morgan fingerprint density at radius 3 is 2.78 bits per heavy atom. The lowest BCUT2D eigenvalue weighted by molar-refractivity contribution is -0.117. The number of hydrogen-bond acceptors (Lipinski definition) is 3. The summed E-state index contributed by atoms with van der Waals surface area (Å²) in [5, 5.41) is 2.86. The smallest absolute Gasteiger partial charge is 0.232 e. The second-order valence-corrected chi connectivity index (χ2v) is 4.41. The number of aromatic nitrogens is 1. The van der Waals surface area contributed by atoms with E-state index in [4.69, 9.17) is 5.73 Å². The van der Waals surface area contributed by atoms with Gasteiger partial charge in [0.25, 0.3) is 0 Å². The minimum absolute atomic E-state index is 0.0136. The molecule has 2 aromatic rings. The molecule has 4 nitrogen and oxygen atoms in total. The van der Waals surface area contributed by atoms with Crippen LogP contribution in [-0.2, 0) is 11.2 Å². The van der Waals surface area contributed by atoms with E-state index in [9.17, 15) is 4.79 Å². The Bertz CT molecular complexity index is 595. The first-order valence-electron chi connectivity index (χ1n) is 5.84. The molecule has 3 rings (SSSR count). The number of nitrogens with zero attached hydrogens (tertiary/aromatic N) is 1. The van der Waals surface area contributed by atoms with Crippen LogP contribution in [0.3, 0.4) is 0 Å². The Morgan fingerprint density at radius 2 is 2.00 bits per heavy atom. The number of hydrogen-bond donors (Lipinski definition) is 2. The van der Waals surface area contributed by atoms with Crippen molar-refractivity contribution in [2.45, 2.75) is 12.3 Å². The van der Waals surface area contributed by atoms with Crippen molar-refractivity contribution in [2.75, 3.05) is 11.1 Å². The minimum Gasteiger partial charge on any atom is -0.397 e. The van der Waals surface area contributed by atoms with E-state index in [0.717, 1.165) is 16.8 Å². The average Bonchev–Trinajstić information content (AvgIpc) is 2.70. The molecule has 0 bridgehead atoms. The number of anilines is 2. The second kappa shape index (κ2) is 4.14. The van der Waals surface area contributed by atoms with E-state index in [2.05, 4.69) is 10.3 Å². The lowest BCUT2D eigenvalue weighted by Gasteiger charge is -2.08. The maximum absolute atomic E-state index is 12.0. The topological polar surface area (TPSA) is 68.0 Å². The number of amides is 1. The highest BCUT2D eigenvalue weighted by Crippen LogP contribution is 2.38. The van der Waals surface area contributed by atoms with Crippen LogP contribution in [0, 0.1) is 0 Å². The molecule has 1 aliphatic rings. The van der Waals surface area contributed by atoms with Crippen LogP contribution in [0.1, 0.15) is 17.0 Å². The molecule has 1 aromatic heterocycles. The quantitative estimate of drug-likeness (QED) is 0.787. The normalized spacial score (nSPS) is 17.3. The van der Waals surface area contributed by atoms with E-state index in [1.54, 1.807) is 18.5 Å². The zero-order valence-electron chi connectivity index (χ0n) is 9.76. The van der Waals surface area contributed by atoms with Crippen molar-refractivity contribution < 1.29 is 4.79 Å². The summed E-state index contributed by atoms with van der Waals surface area (Å²) in [6, 6.07) is 9.49. The van der Waals surface area contributed by atoms with Gasteiger partial charge in [-0.15, -0.1) is 0 Å². The number of benzene rings is 1. The van der Waals surface area contributed by atoms with E-state index in [1.807, 2.05) is 24.3 Å². The number of fused-ring (bicyclic) bond motifs is 1. The van der Waals surface area contributed by atoms with E-state index in [1.165, 1.54) is 0 Å². The molecule has 4 heteroatoms. The summed E-state index contributed by atoms with van der Waals surface area (Å²) in [4.78, 5) is 16.0. The van der Waals surface area contributed by atoms with Gasteiger partial charge in [-0.05, 0) is 35.7 Å². The zero-order chi connectivity index (χ0) is 12.5. The van der Waals surface area contributed by atoms with Gasteiger partial charge in [0.15, 0.2) is 0 Å². The Kier molecular flexibility index (Phi) is 2.48. The lowest BCUT2D eigenvalue weighted by atomic mass is 9.93.